The zero-order chi connectivity index (χ0) is 11.5. The van der Waals surface area contributed by atoms with Crippen molar-refractivity contribution in [3.05, 3.63) is 24.0 Å². The molecule has 7 heteroatoms. The lowest BCUT2D eigenvalue weighted by molar-refractivity contribution is 0.583. The van der Waals surface area contributed by atoms with Crippen molar-refractivity contribution in [1.82, 2.24) is 9.71 Å². The van der Waals surface area contributed by atoms with E-state index in [1.165, 1.54) is 18.3 Å². The smallest absolute Gasteiger partial charge is 0.242 e. The topological polar surface area (TPSA) is 85.1 Å². The van der Waals surface area contributed by atoms with Gasteiger partial charge in [0.1, 0.15) is 15.6 Å². The van der Waals surface area contributed by atoms with E-state index in [0.717, 1.165) is 0 Å². The number of nitrogens with zero attached hydrogens (tertiary/aromatic N) is 1. The molecule has 5 nitrogen and oxygen atoms in total. The largest absolute Gasteiger partial charge is 0.388 e. The first kappa shape index (κ1) is 12.0. The van der Waals surface area contributed by atoms with Crippen molar-refractivity contribution in [3.8, 4) is 0 Å². The van der Waals surface area contributed by atoms with Gasteiger partial charge >= 0.3 is 0 Å². The number of nitrogens with two attached hydrogens (primary N) is 1. The Kier molecular flexibility index (Phi) is 3.72. The Balaban J connectivity index is 3.31. The number of hydrogen-bond donors (Lipinski definition) is 2. The Labute approximate surface area is 93.8 Å². The molecule has 0 aliphatic heterocycles. The second-order valence-corrected chi connectivity index (χ2v) is 4.89. The molecule has 1 aromatic rings. The molecule has 82 valence electrons. The van der Waals surface area contributed by atoms with Crippen LogP contribution < -0.4 is 10.5 Å². The predicted molar refractivity (Wildman–Crippen MR) is 61.0 cm³/mol. The molecule has 0 radical (unpaired) electrons. The lowest BCUT2D eigenvalue weighted by atomic mass is 10.3. The van der Waals surface area contributed by atoms with Crippen molar-refractivity contribution < 1.29 is 8.42 Å². The molecule has 15 heavy (non-hydrogen) atoms. The Bertz CT molecular complexity index is 471. The highest BCUT2D eigenvalue weighted by atomic mass is 32.2. The number of pyridine rings is 1. The fourth-order valence-electron chi connectivity index (χ4n) is 1.06. The molecule has 0 saturated heterocycles. The molecular formula is C8H11N3O2S2. The Morgan fingerprint density at radius 2 is 2.33 bits per heavy atom. The number of nitrogens with one attached hydrogen (secondary N) is 1. The molecule has 0 aromatic carbocycles. The highest BCUT2D eigenvalue weighted by molar-refractivity contribution is 7.89. The summed E-state index contributed by atoms with van der Waals surface area (Å²) in [5.74, 6) is 0. The molecule has 0 unspecified atom stereocenters. The van der Waals surface area contributed by atoms with Crippen molar-refractivity contribution >= 4 is 27.2 Å². The number of thiocarbonyl (C=S) groups is 1. The van der Waals surface area contributed by atoms with Crippen molar-refractivity contribution in [2.24, 2.45) is 5.73 Å². The molecular weight excluding hydrogens is 234 g/mol. The van der Waals surface area contributed by atoms with Crippen molar-refractivity contribution in [2.45, 2.75) is 11.8 Å². The van der Waals surface area contributed by atoms with Crippen LogP contribution in [-0.4, -0.2) is 24.9 Å². The van der Waals surface area contributed by atoms with E-state index in [4.69, 9.17) is 18.0 Å². The van der Waals surface area contributed by atoms with E-state index in [0.29, 0.717) is 6.54 Å². The van der Waals surface area contributed by atoms with Gasteiger partial charge < -0.3 is 5.73 Å². The maximum absolute atomic E-state index is 11.7. The van der Waals surface area contributed by atoms with E-state index in [2.05, 4.69) is 9.71 Å². The summed E-state index contributed by atoms with van der Waals surface area (Å²) in [6, 6.07) is 2.94. The number of sulfonamides is 1. The van der Waals surface area contributed by atoms with Crippen molar-refractivity contribution in [3.63, 3.8) is 0 Å². The summed E-state index contributed by atoms with van der Waals surface area (Å²) in [5, 5.41) is 0. The van der Waals surface area contributed by atoms with Crippen LogP contribution in [0.2, 0.25) is 0 Å². The summed E-state index contributed by atoms with van der Waals surface area (Å²) < 4.78 is 25.7. The third-order valence-electron chi connectivity index (χ3n) is 1.63. The number of rotatable bonds is 4. The minimum Gasteiger partial charge on any atom is -0.388 e. The van der Waals surface area contributed by atoms with Crippen molar-refractivity contribution in [2.75, 3.05) is 6.54 Å². The van der Waals surface area contributed by atoms with Gasteiger partial charge in [-0.3, -0.25) is 4.98 Å². The summed E-state index contributed by atoms with van der Waals surface area (Å²) in [7, 11) is -3.57. The Morgan fingerprint density at radius 3 is 2.87 bits per heavy atom. The van der Waals surface area contributed by atoms with Crippen LogP contribution >= 0.6 is 12.2 Å². The van der Waals surface area contributed by atoms with Gasteiger partial charge in [-0.1, -0.05) is 19.1 Å². The van der Waals surface area contributed by atoms with Crippen LogP contribution in [0.1, 0.15) is 12.6 Å². The van der Waals surface area contributed by atoms with Crippen LogP contribution in [0.5, 0.6) is 0 Å². The third kappa shape index (κ3) is 2.71. The normalized spacial score (nSPS) is 11.3. The zero-order valence-electron chi connectivity index (χ0n) is 8.10. The van der Waals surface area contributed by atoms with Gasteiger partial charge in [0, 0.05) is 12.7 Å². The van der Waals surface area contributed by atoms with E-state index in [1.54, 1.807) is 6.92 Å². The van der Waals surface area contributed by atoms with Gasteiger partial charge in [-0.15, -0.1) is 0 Å². The standard InChI is InChI=1S/C8H11N3O2S2/c1-2-11-15(12,13)6-4-3-5-10-7(6)8(9)14/h3-5,11H,2H2,1H3,(H2,9,14). The maximum Gasteiger partial charge on any atom is 0.242 e. The molecule has 1 heterocycles. The summed E-state index contributed by atoms with van der Waals surface area (Å²) in [6.07, 6.45) is 1.44. The van der Waals surface area contributed by atoms with Crippen LogP contribution in [0.15, 0.2) is 23.2 Å². The monoisotopic (exact) mass is 245 g/mol. The van der Waals surface area contributed by atoms with E-state index < -0.39 is 10.0 Å². The van der Waals surface area contributed by atoms with Gasteiger partial charge in [0.2, 0.25) is 10.0 Å². The first-order valence-corrected chi connectivity index (χ1v) is 6.12. The molecule has 3 N–H and O–H groups in total. The highest BCUT2D eigenvalue weighted by Crippen LogP contribution is 2.12. The first-order chi connectivity index (χ1) is 6.99. The molecule has 1 aromatic heterocycles. The molecule has 0 fully saturated rings. The Morgan fingerprint density at radius 1 is 1.67 bits per heavy atom. The Hall–Kier alpha value is -1.05. The van der Waals surface area contributed by atoms with E-state index in [1.807, 2.05) is 0 Å². The predicted octanol–water partition coefficient (Wildman–Crippen LogP) is 0.0140. The van der Waals surface area contributed by atoms with Gasteiger partial charge in [-0.05, 0) is 12.1 Å². The van der Waals surface area contributed by atoms with Crippen LogP contribution in [0, 0.1) is 0 Å². The van der Waals surface area contributed by atoms with Crippen LogP contribution in [0.3, 0.4) is 0 Å². The number of aromatic nitrogens is 1. The molecule has 0 aliphatic carbocycles. The molecule has 0 amide bonds. The fraction of sp³-hybridized carbons (Fsp3) is 0.250. The molecule has 0 atom stereocenters. The second kappa shape index (κ2) is 4.65. The summed E-state index contributed by atoms with van der Waals surface area (Å²) in [4.78, 5) is 3.82. The average molecular weight is 245 g/mol. The lowest BCUT2D eigenvalue weighted by Crippen LogP contribution is -2.26. The minimum absolute atomic E-state index is 0.0133. The third-order valence-corrected chi connectivity index (χ3v) is 3.40. The second-order valence-electron chi connectivity index (χ2n) is 2.72. The molecule has 0 saturated carbocycles. The summed E-state index contributed by atoms with van der Waals surface area (Å²) in [5.41, 5.74) is 5.50. The first-order valence-electron chi connectivity index (χ1n) is 4.23. The van der Waals surface area contributed by atoms with E-state index in [-0.39, 0.29) is 15.6 Å². The quantitative estimate of drug-likeness (QED) is 0.730. The fourth-order valence-corrected chi connectivity index (χ4v) is 2.50. The molecule has 0 aliphatic rings. The van der Waals surface area contributed by atoms with Gasteiger partial charge in [0.15, 0.2) is 0 Å². The SMILES string of the molecule is CCNS(=O)(=O)c1cccnc1C(N)=S. The molecule has 0 spiro atoms. The summed E-state index contributed by atoms with van der Waals surface area (Å²) in [6.45, 7) is 1.99. The van der Waals surface area contributed by atoms with Gasteiger partial charge in [-0.2, -0.15) is 0 Å². The zero-order valence-corrected chi connectivity index (χ0v) is 9.73. The highest BCUT2D eigenvalue weighted by Gasteiger charge is 2.19. The molecule has 0 bridgehead atoms. The van der Waals surface area contributed by atoms with Gasteiger partial charge in [0.25, 0.3) is 0 Å². The lowest BCUT2D eigenvalue weighted by Gasteiger charge is -2.07. The van der Waals surface area contributed by atoms with Gasteiger partial charge in [0.05, 0.1) is 0 Å². The van der Waals surface area contributed by atoms with Crippen LogP contribution in [-0.2, 0) is 10.0 Å². The van der Waals surface area contributed by atoms with E-state index >= 15 is 0 Å². The molecule has 1 rings (SSSR count). The van der Waals surface area contributed by atoms with Crippen molar-refractivity contribution in [1.29, 1.82) is 0 Å². The van der Waals surface area contributed by atoms with Crippen LogP contribution in [0.25, 0.3) is 0 Å². The number of hydrogen-bond acceptors (Lipinski definition) is 4. The van der Waals surface area contributed by atoms with Crippen LogP contribution in [0.4, 0.5) is 0 Å². The van der Waals surface area contributed by atoms with E-state index in [9.17, 15) is 8.42 Å². The van der Waals surface area contributed by atoms with Gasteiger partial charge in [-0.25, -0.2) is 13.1 Å². The summed E-state index contributed by atoms with van der Waals surface area (Å²) >= 11 is 4.73. The average Bonchev–Trinajstić information content (AvgIpc) is 2.17. The minimum atomic E-state index is -3.57. The maximum atomic E-state index is 11.7.